The minimum Gasteiger partial charge on any atom is -0.306 e. The molecule has 0 atom stereocenters. The molecule has 0 aliphatic heterocycles. The third-order valence-electron chi connectivity index (χ3n) is 2.97. The Balaban J connectivity index is 1.82. The largest absolute Gasteiger partial charge is 0.306 e. The first-order valence-corrected chi connectivity index (χ1v) is 5.78. The van der Waals surface area contributed by atoms with E-state index in [4.69, 9.17) is 0 Å². The lowest BCUT2D eigenvalue weighted by Crippen LogP contribution is -2.21. The van der Waals surface area contributed by atoms with E-state index in [0.717, 1.165) is 5.69 Å². The minimum absolute atomic E-state index is 0.268. The van der Waals surface area contributed by atoms with Gasteiger partial charge < -0.3 is 5.32 Å². The van der Waals surface area contributed by atoms with Crippen molar-refractivity contribution in [3.05, 3.63) is 18.0 Å². The van der Waals surface area contributed by atoms with Crippen LogP contribution in [-0.2, 0) is 6.54 Å². The number of aromatic nitrogens is 2. The molecule has 1 N–H and O–H groups in total. The molecule has 1 heterocycles. The molecule has 1 aliphatic carbocycles. The van der Waals surface area contributed by atoms with Crippen molar-refractivity contribution in [2.75, 3.05) is 6.54 Å². The second kappa shape index (κ2) is 5.39. The molecule has 1 aromatic heterocycles. The summed E-state index contributed by atoms with van der Waals surface area (Å²) in [6, 6.07) is 2.42. The highest BCUT2D eigenvalue weighted by Gasteiger charge is 2.17. The van der Waals surface area contributed by atoms with Gasteiger partial charge in [-0.15, -0.1) is 0 Å². The Labute approximate surface area is 93.8 Å². The molecule has 1 aromatic rings. The number of rotatable bonds is 5. The highest BCUT2D eigenvalue weighted by Crippen LogP contribution is 2.28. The third-order valence-corrected chi connectivity index (χ3v) is 2.97. The van der Waals surface area contributed by atoms with E-state index in [9.17, 15) is 8.78 Å². The van der Waals surface area contributed by atoms with Gasteiger partial charge in [0.2, 0.25) is 0 Å². The molecule has 0 aromatic carbocycles. The topological polar surface area (TPSA) is 29.9 Å². The molecule has 1 saturated carbocycles. The van der Waals surface area contributed by atoms with Gasteiger partial charge in [-0.25, -0.2) is 8.78 Å². The van der Waals surface area contributed by atoms with Crippen molar-refractivity contribution >= 4 is 0 Å². The van der Waals surface area contributed by atoms with Crippen LogP contribution in [0.5, 0.6) is 0 Å². The van der Waals surface area contributed by atoms with E-state index < -0.39 is 6.43 Å². The monoisotopic (exact) mass is 229 g/mol. The van der Waals surface area contributed by atoms with Crippen LogP contribution in [0, 0.1) is 0 Å². The quantitative estimate of drug-likeness (QED) is 0.840. The van der Waals surface area contributed by atoms with E-state index in [-0.39, 0.29) is 6.54 Å². The van der Waals surface area contributed by atoms with Crippen molar-refractivity contribution < 1.29 is 8.78 Å². The van der Waals surface area contributed by atoms with Gasteiger partial charge in [0.25, 0.3) is 6.43 Å². The van der Waals surface area contributed by atoms with E-state index in [1.54, 1.807) is 0 Å². The van der Waals surface area contributed by atoms with Crippen molar-refractivity contribution in [1.29, 1.82) is 0 Å². The molecule has 1 fully saturated rings. The Hall–Kier alpha value is -0.970. The third kappa shape index (κ3) is 3.01. The van der Waals surface area contributed by atoms with E-state index in [1.165, 1.54) is 25.7 Å². The summed E-state index contributed by atoms with van der Waals surface area (Å²) in [6.07, 6.45) is 4.57. The van der Waals surface area contributed by atoms with Gasteiger partial charge in [-0.2, -0.15) is 5.10 Å². The predicted molar refractivity (Wildman–Crippen MR) is 57.4 cm³/mol. The van der Waals surface area contributed by atoms with Gasteiger partial charge in [-0.3, -0.25) is 4.68 Å². The molecule has 5 heteroatoms. The molecule has 0 unspecified atom stereocenters. The van der Waals surface area contributed by atoms with Gasteiger partial charge >= 0.3 is 0 Å². The smallest absolute Gasteiger partial charge is 0.250 e. The maximum absolute atomic E-state index is 11.9. The van der Waals surface area contributed by atoms with Crippen LogP contribution in [0.3, 0.4) is 0 Å². The van der Waals surface area contributed by atoms with Crippen molar-refractivity contribution in [2.45, 2.75) is 44.7 Å². The number of halogens is 2. The van der Waals surface area contributed by atoms with Crippen LogP contribution in [0.15, 0.2) is 12.3 Å². The Kier molecular flexibility index (Phi) is 3.88. The molecular weight excluding hydrogens is 212 g/mol. The summed E-state index contributed by atoms with van der Waals surface area (Å²) in [4.78, 5) is 0. The van der Waals surface area contributed by atoms with Crippen LogP contribution in [-0.4, -0.2) is 22.8 Å². The highest BCUT2D eigenvalue weighted by molar-refractivity contribution is 4.99. The predicted octanol–water partition coefficient (Wildman–Crippen LogP) is 2.35. The number of hydrogen-bond donors (Lipinski definition) is 1. The molecule has 1 aliphatic rings. The van der Waals surface area contributed by atoms with E-state index in [0.29, 0.717) is 12.6 Å². The first kappa shape index (κ1) is 11.5. The molecule has 90 valence electrons. The maximum Gasteiger partial charge on any atom is 0.250 e. The van der Waals surface area contributed by atoms with Crippen molar-refractivity contribution in [3.8, 4) is 0 Å². The summed E-state index contributed by atoms with van der Waals surface area (Å²) in [6.45, 7) is 0.153. The number of alkyl halides is 2. The fourth-order valence-corrected chi connectivity index (χ4v) is 2.15. The van der Waals surface area contributed by atoms with Crippen LogP contribution in [0.1, 0.15) is 37.4 Å². The van der Waals surface area contributed by atoms with E-state index in [1.807, 2.05) is 16.9 Å². The zero-order valence-electron chi connectivity index (χ0n) is 9.20. The second-order valence-electron chi connectivity index (χ2n) is 4.25. The molecule has 0 saturated heterocycles. The molecule has 0 radical (unpaired) electrons. The van der Waals surface area contributed by atoms with Gasteiger partial charge in [0.15, 0.2) is 0 Å². The summed E-state index contributed by atoms with van der Waals surface area (Å²) >= 11 is 0. The van der Waals surface area contributed by atoms with Crippen molar-refractivity contribution in [2.24, 2.45) is 0 Å². The summed E-state index contributed by atoms with van der Waals surface area (Å²) < 4.78 is 25.8. The Bertz CT molecular complexity index is 319. The summed E-state index contributed by atoms with van der Waals surface area (Å²) in [5.41, 5.74) is 0.840. The Morgan fingerprint density at radius 1 is 1.44 bits per heavy atom. The lowest BCUT2D eigenvalue weighted by Gasteiger charge is -2.08. The highest BCUT2D eigenvalue weighted by atomic mass is 19.3. The molecule has 2 rings (SSSR count). The Morgan fingerprint density at radius 3 is 2.88 bits per heavy atom. The van der Waals surface area contributed by atoms with Crippen molar-refractivity contribution in [1.82, 2.24) is 15.1 Å². The maximum atomic E-state index is 11.9. The average molecular weight is 229 g/mol. The first-order chi connectivity index (χ1) is 7.75. The first-order valence-electron chi connectivity index (χ1n) is 5.78. The molecule has 0 spiro atoms. The van der Waals surface area contributed by atoms with Gasteiger partial charge in [0.05, 0.1) is 18.3 Å². The minimum atomic E-state index is -2.29. The fourth-order valence-electron chi connectivity index (χ4n) is 2.15. The molecular formula is C11H17F2N3. The molecule has 3 nitrogen and oxygen atoms in total. The van der Waals surface area contributed by atoms with Gasteiger partial charge in [0, 0.05) is 12.7 Å². The molecule has 0 bridgehead atoms. The summed E-state index contributed by atoms with van der Waals surface area (Å²) in [7, 11) is 0. The van der Waals surface area contributed by atoms with Gasteiger partial charge in [-0.1, -0.05) is 12.8 Å². The fraction of sp³-hybridized carbons (Fsp3) is 0.727. The Morgan fingerprint density at radius 2 is 2.19 bits per heavy atom. The number of nitrogens with zero attached hydrogens (tertiary/aromatic N) is 2. The zero-order valence-corrected chi connectivity index (χ0v) is 9.20. The summed E-state index contributed by atoms with van der Waals surface area (Å²) in [5, 5.41) is 7.08. The standard InChI is InChI=1S/C11H17F2N3/c12-11(13)8-14-7-9-5-6-16(15-9)10-3-1-2-4-10/h5-6,10-11,14H,1-4,7-8H2. The van der Waals surface area contributed by atoms with Crippen LogP contribution in [0.4, 0.5) is 8.78 Å². The second-order valence-corrected chi connectivity index (χ2v) is 4.25. The van der Waals surface area contributed by atoms with Crippen LogP contribution < -0.4 is 5.32 Å². The summed E-state index contributed by atoms with van der Waals surface area (Å²) in [5.74, 6) is 0. The lowest BCUT2D eigenvalue weighted by molar-refractivity contribution is 0.145. The van der Waals surface area contributed by atoms with Gasteiger partial charge in [0.1, 0.15) is 0 Å². The van der Waals surface area contributed by atoms with E-state index >= 15 is 0 Å². The van der Waals surface area contributed by atoms with Crippen LogP contribution >= 0.6 is 0 Å². The SMILES string of the molecule is FC(F)CNCc1ccn(C2CCCC2)n1. The number of hydrogen-bond acceptors (Lipinski definition) is 2. The average Bonchev–Trinajstić information content (AvgIpc) is 2.85. The van der Waals surface area contributed by atoms with Crippen LogP contribution in [0.25, 0.3) is 0 Å². The zero-order chi connectivity index (χ0) is 11.4. The number of nitrogens with one attached hydrogen (secondary N) is 1. The molecule has 0 amide bonds. The van der Waals surface area contributed by atoms with Crippen LogP contribution in [0.2, 0.25) is 0 Å². The molecule has 16 heavy (non-hydrogen) atoms. The lowest BCUT2D eigenvalue weighted by atomic mass is 10.3. The van der Waals surface area contributed by atoms with Crippen molar-refractivity contribution in [3.63, 3.8) is 0 Å². The van der Waals surface area contributed by atoms with E-state index in [2.05, 4.69) is 10.4 Å². The van der Waals surface area contributed by atoms with Gasteiger partial charge in [-0.05, 0) is 18.9 Å². The normalized spacial score (nSPS) is 17.4.